The lowest BCUT2D eigenvalue weighted by molar-refractivity contribution is -0.264. The van der Waals surface area contributed by atoms with Gasteiger partial charge in [0.1, 0.15) is 0 Å². The standard InChI is InChI=1S/C11H21O2/c1-3-9-13-11(2,12)10-7-5-4-6-8-10/h10H,3-9H2,1-2H3. The van der Waals surface area contributed by atoms with E-state index >= 15 is 0 Å². The second-order valence-corrected chi connectivity index (χ2v) is 4.20. The van der Waals surface area contributed by atoms with Gasteiger partial charge in [0, 0.05) is 12.5 Å². The topological polar surface area (TPSA) is 29.1 Å². The summed E-state index contributed by atoms with van der Waals surface area (Å²) in [7, 11) is 0. The van der Waals surface area contributed by atoms with Crippen molar-refractivity contribution in [1.29, 1.82) is 0 Å². The van der Waals surface area contributed by atoms with Crippen molar-refractivity contribution in [3.8, 4) is 0 Å². The molecule has 1 unspecified atom stereocenters. The van der Waals surface area contributed by atoms with Crippen LogP contribution in [0.1, 0.15) is 52.4 Å². The van der Waals surface area contributed by atoms with Crippen LogP contribution in [-0.2, 0) is 9.84 Å². The van der Waals surface area contributed by atoms with Gasteiger partial charge in [-0.15, -0.1) is 0 Å². The Balaban J connectivity index is 2.36. The fraction of sp³-hybridized carbons (Fsp3) is 1.00. The average molecular weight is 185 g/mol. The minimum Gasteiger partial charge on any atom is -0.347 e. The first-order valence-corrected chi connectivity index (χ1v) is 5.51. The molecule has 2 nitrogen and oxygen atoms in total. The zero-order chi connectivity index (χ0) is 9.73. The van der Waals surface area contributed by atoms with Crippen molar-refractivity contribution in [2.24, 2.45) is 5.92 Å². The summed E-state index contributed by atoms with van der Waals surface area (Å²) in [6, 6.07) is 0. The molecule has 1 atom stereocenters. The van der Waals surface area contributed by atoms with Gasteiger partial charge in [-0.25, -0.2) is 0 Å². The number of hydrogen-bond donors (Lipinski definition) is 0. The second kappa shape index (κ2) is 4.97. The third-order valence-corrected chi connectivity index (χ3v) is 2.94. The van der Waals surface area contributed by atoms with Crippen LogP contribution >= 0.6 is 0 Å². The van der Waals surface area contributed by atoms with E-state index in [0.29, 0.717) is 6.61 Å². The molecule has 1 aliphatic rings. The Labute approximate surface area is 81.3 Å². The summed E-state index contributed by atoms with van der Waals surface area (Å²) in [6.45, 7) is 4.35. The molecule has 1 rings (SSSR count). The Bertz CT molecular complexity index is 137. The Kier molecular flexibility index (Phi) is 4.20. The van der Waals surface area contributed by atoms with E-state index in [2.05, 4.69) is 0 Å². The van der Waals surface area contributed by atoms with E-state index in [-0.39, 0.29) is 5.92 Å². The van der Waals surface area contributed by atoms with Crippen LogP contribution < -0.4 is 0 Å². The van der Waals surface area contributed by atoms with E-state index in [1.807, 2.05) is 6.92 Å². The lowest BCUT2D eigenvalue weighted by atomic mass is 9.84. The number of rotatable bonds is 4. The van der Waals surface area contributed by atoms with Crippen molar-refractivity contribution in [2.75, 3.05) is 6.61 Å². The number of hydrogen-bond acceptors (Lipinski definition) is 1. The van der Waals surface area contributed by atoms with Crippen LogP contribution in [0.2, 0.25) is 0 Å². The summed E-state index contributed by atoms with van der Waals surface area (Å²) < 4.78 is 5.36. The van der Waals surface area contributed by atoms with Crippen LogP contribution in [0.25, 0.3) is 0 Å². The minimum absolute atomic E-state index is 0.243. The van der Waals surface area contributed by atoms with Crippen LogP contribution in [0.15, 0.2) is 0 Å². The predicted octanol–water partition coefficient (Wildman–Crippen LogP) is 3.14. The first-order chi connectivity index (χ1) is 6.17. The molecule has 0 aliphatic heterocycles. The summed E-state index contributed by atoms with van der Waals surface area (Å²) in [6.07, 6.45) is 6.76. The first kappa shape index (κ1) is 11.0. The van der Waals surface area contributed by atoms with Gasteiger partial charge in [-0.2, -0.15) is 5.11 Å². The molecule has 0 heterocycles. The SMILES string of the molecule is CCCOC(C)([O])C1CCCCC1. The third kappa shape index (κ3) is 3.28. The Morgan fingerprint density at radius 2 is 1.92 bits per heavy atom. The largest absolute Gasteiger partial charge is 0.347 e. The van der Waals surface area contributed by atoms with Crippen LogP contribution in [0.4, 0.5) is 0 Å². The highest BCUT2D eigenvalue weighted by atomic mass is 16.6. The van der Waals surface area contributed by atoms with E-state index < -0.39 is 5.79 Å². The molecular weight excluding hydrogens is 164 g/mol. The molecular formula is C11H21O2. The normalized spacial score (nSPS) is 24.2. The monoisotopic (exact) mass is 185 g/mol. The van der Waals surface area contributed by atoms with Crippen molar-refractivity contribution >= 4 is 0 Å². The Morgan fingerprint density at radius 1 is 1.31 bits per heavy atom. The molecule has 0 aromatic heterocycles. The minimum atomic E-state index is -1.13. The fourth-order valence-corrected chi connectivity index (χ4v) is 2.05. The molecule has 0 spiro atoms. The van der Waals surface area contributed by atoms with Gasteiger partial charge < -0.3 is 4.74 Å². The van der Waals surface area contributed by atoms with Gasteiger partial charge in [-0.05, 0) is 26.2 Å². The molecule has 0 saturated heterocycles. The summed E-state index contributed by atoms with van der Waals surface area (Å²) in [5, 5.41) is 12.0. The molecule has 1 aliphatic carbocycles. The van der Waals surface area contributed by atoms with Crippen molar-refractivity contribution in [3.63, 3.8) is 0 Å². The van der Waals surface area contributed by atoms with E-state index in [4.69, 9.17) is 4.74 Å². The number of ether oxygens (including phenoxy) is 1. The first-order valence-electron chi connectivity index (χ1n) is 5.51. The van der Waals surface area contributed by atoms with Crippen LogP contribution in [0.3, 0.4) is 0 Å². The molecule has 13 heavy (non-hydrogen) atoms. The molecule has 0 amide bonds. The maximum absolute atomic E-state index is 12.0. The molecule has 1 saturated carbocycles. The average Bonchev–Trinajstić information content (AvgIpc) is 2.16. The van der Waals surface area contributed by atoms with Gasteiger partial charge in [-0.1, -0.05) is 26.2 Å². The van der Waals surface area contributed by atoms with Gasteiger partial charge in [0.05, 0.1) is 0 Å². The van der Waals surface area contributed by atoms with Gasteiger partial charge in [-0.3, -0.25) is 0 Å². The lowest BCUT2D eigenvalue weighted by Gasteiger charge is -2.33. The Morgan fingerprint density at radius 3 is 2.46 bits per heavy atom. The summed E-state index contributed by atoms with van der Waals surface area (Å²) >= 11 is 0. The van der Waals surface area contributed by atoms with E-state index in [0.717, 1.165) is 19.3 Å². The highest BCUT2D eigenvalue weighted by molar-refractivity contribution is 4.76. The molecule has 0 bridgehead atoms. The summed E-state index contributed by atoms with van der Waals surface area (Å²) in [5.74, 6) is -0.885. The lowest BCUT2D eigenvalue weighted by Crippen LogP contribution is -2.37. The highest BCUT2D eigenvalue weighted by Gasteiger charge is 2.35. The molecule has 0 aromatic rings. The van der Waals surface area contributed by atoms with Gasteiger partial charge in [0.25, 0.3) is 0 Å². The smallest absolute Gasteiger partial charge is 0.201 e. The van der Waals surface area contributed by atoms with Crippen molar-refractivity contribution < 1.29 is 9.84 Å². The van der Waals surface area contributed by atoms with Gasteiger partial charge >= 0.3 is 0 Å². The molecule has 0 N–H and O–H groups in total. The molecule has 0 aromatic carbocycles. The van der Waals surface area contributed by atoms with E-state index in [9.17, 15) is 5.11 Å². The predicted molar refractivity (Wildman–Crippen MR) is 51.9 cm³/mol. The van der Waals surface area contributed by atoms with Crippen LogP contribution in [0, 0.1) is 5.92 Å². The zero-order valence-electron chi connectivity index (χ0n) is 8.84. The summed E-state index contributed by atoms with van der Waals surface area (Å²) in [4.78, 5) is 0. The van der Waals surface area contributed by atoms with E-state index in [1.54, 1.807) is 6.92 Å². The molecule has 1 fully saturated rings. The van der Waals surface area contributed by atoms with Crippen LogP contribution in [-0.4, -0.2) is 12.4 Å². The van der Waals surface area contributed by atoms with Crippen molar-refractivity contribution in [3.05, 3.63) is 0 Å². The second-order valence-electron chi connectivity index (χ2n) is 4.20. The molecule has 2 heteroatoms. The maximum atomic E-state index is 12.0. The molecule has 77 valence electrons. The quantitative estimate of drug-likeness (QED) is 0.619. The molecule has 1 radical (unpaired) electrons. The van der Waals surface area contributed by atoms with Crippen molar-refractivity contribution in [2.45, 2.75) is 58.2 Å². The van der Waals surface area contributed by atoms with Gasteiger partial charge in [0.15, 0.2) is 0 Å². The fourth-order valence-electron chi connectivity index (χ4n) is 2.05. The third-order valence-electron chi connectivity index (χ3n) is 2.94. The van der Waals surface area contributed by atoms with Crippen LogP contribution in [0.5, 0.6) is 0 Å². The highest BCUT2D eigenvalue weighted by Crippen LogP contribution is 2.33. The summed E-state index contributed by atoms with van der Waals surface area (Å²) in [5.41, 5.74) is 0. The zero-order valence-corrected chi connectivity index (χ0v) is 8.84. The van der Waals surface area contributed by atoms with E-state index in [1.165, 1.54) is 19.3 Å². The van der Waals surface area contributed by atoms with Gasteiger partial charge in [0.2, 0.25) is 5.79 Å². The Hall–Kier alpha value is -0.0800. The van der Waals surface area contributed by atoms with Crippen molar-refractivity contribution in [1.82, 2.24) is 0 Å². The maximum Gasteiger partial charge on any atom is 0.201 e.